The number of nitrogen functional groups attached to an aromatic ring is 1. The van der Waals surface area contributed by atoms with E-state index in [0.29, 0.717) is 17.9 Å². The van der Waals surface area contributed by atoms with Crippen molar-refractivity contribution in [3.05, 3.63) is 11.4 Å². The summed E-state index contributed by atoms with van der Waals surface area (Å²) in [6.45, 7) is 9.93. The summed E-state index contributed by atoms with van der Waals surface area (Å²) in [4.78, 5) is 12.5. The van der Waals surface area contributed by atoms with Gasteiger partial charge in [0.1, 0.15) is 10.6 Å². The zero-order valence-electron chi connectivity index (χ0n) is 13.3. The van der Waals surface area contributed by atoms with Crippen molar-refractivity contribution in [1.29, 1.82) is 0 Å². The first-order valence-electron chi connectivity index (χ1n) is 7.59. The van der Waals surface area contributed by atoms with Crippen molar-refractivity contribution in [2.24, 2.45) is 11.8 Å². The number of anilines is 2. The highest BCUT2D eigenvalue weighted by Crippen LogP contribution is 2.31. The highest BCUT2D eigenvalue weighted by molar-refractivity contribution is 7.16. The maximum absolute atomic E-state index is 5.53. The molecule has 0 aliphatic heterocycles. The minimum absolute atomic E-state index is 0.482. The Morgan fingerprint density at radius 3 is 2.57 bits per heavy atom. The zero-order valence-corrected chi connectivity index (χ0v) is 14.1. The predicted octanol–water partition coefficient (Wildman–Crippen LogP) is 3.63. The molecule has 2 rings (SSSR count). The summed E-state index contributed by atoms with van der Waals surface area (Å²) < 4.78 is 0. The van der Waals surface area contributed by atoms with E-state index in [1.807, 2.05) is 0 Å². The molecule has 0 saturated heterocycles. The third-order valence-electron chi connectivity index (χ3n) is 3.65. The van der Waals surface area contributed by atoms with Crippen molar-refractivity contribution in [3.8, 4) is 0 Å². The Morgan fingerprint density at radius 2 is 2.00 bits per heavy atom. The fourth-order valence-electron chi connectivity index (χ4n) is 2.65. The van der Waals surface area contributed by atoms with Gasteiger partial charge < -0.3 is 4.90 Å². The highest BCUT2D eigenvalue weighted by Gasteiger charge is 2.22. The van der Waals surface area contributed by atoms with Crippen LogP contribution in [0.1, 0.15) is 40.5 Å². The minimum atomic E-state index is 0.482. The van der Waals surface area contributed by atoms with Gasteiger partial charge in [-0.15, -0.1) is 11.3 Å². The molecule has 2 heterocycles. The van der Waals surface area contributed by atoms with Crippen LogP contribution >= 0.6 is 11.3 Å². The number of thiophene rings is 1. The number of nitrogens with two attached hydrogens (primary N) is 1. The lowest BCUT2D eigenvalue weighted by Crippen LogP contribution is -2.38. The zero-order chi connectivity index (χ0) is 15.4. The molecule has 2 aromatic heterocycles. The fraction of sp³-hybridized carbons (Fsp3) is 0.600. The van der Waals surface area contributed by atoms with Gasteiger partial charge in [-0.3, -0.25) is 5.43 Å². The van der Waals surface area contributed by atoms with E-state index in [1.165, 1.54) is 0 Å². The second-order valence-corrected chi connectivity index (χ2v) is 6.57. The summed E-state index contributed by atoms with van der Waals surface area (Å²) in [6, 6.07) is 2.58. The molecular formula is C15H25N5S. The van der Waals surface area contributed by atoms with Gasteiger partial charge in [-0.2, -0.15) is 4.98 Å². The molecule has 0 radical (unpaired) electrons. The van der Waals surface area contributed by atoms with Crippen molar-refractivity contribution in [2.45, 2.75) is 46.6 Å². The van der Waals surface area contributed by atoms with Crippen molar-refractivity contribution in [3.63, 3.8) is 0 Å². The van der Waals surface area contributed by atoms with Crippen molar-refractivity contribution in [2.75, 3.05) is 16.9 Å². The second kappa shape index (κ2) is 7.04. The van der Waals surface area contributed by atoms with Gasteiger partial charge in [0, 0.05) is 12.6 Å². The van der Waals surface area contributed by atoms with Gasteiger partial charge in [-0.1, -0.05) is 27.7 Å². The summed E-state index contributed by atoms with van der Waals surface area (Å²) in [5, 5.41) is 3.18. The van der Waals surface area contributed by atoms with E-state index in [9.17, 15) is 0 Å². The van der Waals surface area contributed by atoms with E-state index in [-0.39, 0.29) is 0 Å². The number of nitrogens with one attached hydrogen (secondary N) is 1. The van der Waals surface area contributed by atoms with Gasteiger partial charge in [0.05, 0.1) is 5.39 Å². The fourth-order valence-corrected chi connectivity index (χ4v) is 3.41. The molecule has 5 nitrogen and oxygen atoms in total. The number of aromatic nitrogens is 2. The van der Waals surface area contributed by atoms with Crippen LogP contribution < -0.4 is 16.2 Å². The number of hydrogen-bond donors (Lipinski definition) is 2. The monoisotopic (exact) mass is 307 g/mol. The van der Waals surface area contributed by atoms with Crippen molar-refractivity contribution in [1.82, 2.24) is 9.97 Å². The maximum Gasteiger partial charge on any atom is 0.240 e. The van der Waals surface area contributed by atoms with E-state index in [0.717, 1.165) is 35.4 Å². The van der Waals surface area contributed by atoms with Crippen LogP contribution in [0.25, 0.3) is 10.2 Å². The first-order chi connectivity index (χ1) is 10.1. The van der Waals surface area contributed by atoms with E-state index in [4.69, 9.17) is 5.84 Å². The van der Waals surface area contributed by atoms with Gasteiger partial charge in [0.2, 0.25) is 5.95 Å². The lowest BCUT2D eigenvalue weighted by molar-refractivity contribution is 0.505. The van der Waals surface area contributed by atoms with Crippen LogP contribution in [-0.2, 0) is 0 Å². The van der Waals surface area contributed by atoms with Gasteiger partial charge in [0.25, 0.3) is 0 Å². The molecule has 0 amide bonds. The summed E-state index contributed by atoms with van der Waals surface area (Å²) >= 11 is 1.62. The minimum Gasteiger partial charge on any atom is -0.353 e. The molecule has 0 saturated carbocycles. The maximum atomic E-state index is 5.53. The van der Waals surface area contributed by atoms with Crippen LogP contribution in [0.3, 0.4) is 0 Å². The molecule has 21 heavy (non-hydrogen) atoms. The average Bonchev–Trinajstić information content (AvgIpc) is 2.94. The number of nitrogens with zero attached hydrogens (tertiary/aromatic N) is 3. The summed E-state index contributed by atoms with van der Waals surface area (Å²) in [7, 11) is 0. The van der Waals surface area contributed by atoms with Crippen LogP contribution in [-0.4, -0.2) is 22.6 Å². The summed E-state index contributed by atoms with van der Waals surface area (Å²) in [5.41, 5.74) is 2.59. The standard InChI is InChI=1S/C15H25N5S/c1-5-11(6-2)20(9-10(3)4)13-12-7-8-21-14(12)18-15(17-13)19-16/h7-8,10-11H,5-6,9,16H2,1-4H3,(H,17,18,19). The SMILES string of the molecule is CCC(CC)N(CC(C)C)c1nc(NN)nc2sccc12. The number of fused-ring (bicyclic) bond motifs is 1. The molecule has 0 unspecified atom stereocenters. The first kappa shape index (κ1) is 16.0. The number of hydrogen-bond acceptors (Lipinski definition) is 6. The van der Waals surface area contributed by atoms with E-state index in [1.54, 1.807) is 11.3 Å². The smallest absolute Gasteiger partial charge is 0.240 e. The molecule has 2 aromatic rings. The predicted molar refractivity (Wildman–Crippen MR) is 91.8 cm³/mol. The summed E-state index contributed by atoms with van der Waals surface area (Å²) in [6.07, 6.45) is 2.20. The Morgan fingerprint density at radius 1 is 1.29 bits per heavy atom. The largest absolute Gasteiger partial charge is 0.353 e. The van der Waals surface area contributed by atoms with Crippen LogP contribution in [0.5, 0.6) is 0 Å². The third-order valence-corrected chi connectivity index (χ3v) is 4.46. The lowest BCUT2D eigenvalue weighted by atomic mass is 10.1. The Labute approximate surface area is 130 Å². The first-order valence-corrected chi connectivity index (χ1v) is 8.47. The molecule has 0 bridgehead atoms. The third kappa shape index (κ3) is 3.44. The van der Waals surface area contributed by atoms with Crippen molar-refractivity contribution < 1.29 is 0 Å². The number of hydrazine groups is 1. The quantitative estimate of drug-likeness (QED) is 0.604. The molecule has 0 aromatic carbocycles. The second-order valence-electron chi connectivity index (χ2n) is 5.67. The van der Waals surface area contributed by atoms with Crippen LogP contribution in [0, 0.1) is 5.92 Å². The molecule has 0 fully saturated rings. The van der Waals surface area contributed by atoms with E-state index < -0.39 is 0 Å². The molecule has 0 atom stereocenters. The van der Waals surface area contributed by atoms with Gasteiger partial charge >= 0.3 is 0 Å². The molecule has 3 N–H and O–H groups in total. The van der Waals surface area contributed by atoms with Crippen LogP contribution in [0.15, 0.2) is 11.4 Å². The molecule has 0 aliphatic carbocycles. The summed E-state index contributed by atoms with van der Waals surface area (Å²) in [5.74, 6) is 7.59. The van der Waals surface area contributed by atoms with Gasteiger partial charge in [-0.25, -0.2) is 10.8 Å². The van der Waals surface area contributed by atoms with E-state index in [2.05, 4.69) is 59.4 Å². The van der Waals surface area contributed by atoms with Crippen LogP contribution in [0.4, 0.5) is 11.8 Å². The molecule has 0 aliphatic rings. The average molecular weight is 307 g/mol. The Balaban J connectivity index is 2.54. The highest BCUT2D eigenvalue weighted by atomic mass is 32.1. The molecule has 0 spiro atoms. The molecular weight excluding hydrogens is 282 g/mol. The van der Waals surface area contributed by atoms with Crippen molar-refractivity contribution >= 4 is 33.3 Å². The lowest BCUT2D eigenvalue weighted by Gasteiger charge is -2.33. The number of rotatable bonds is 7. The Kier molecular flexibility index (Phi) is 5.36. The Bertz CT molecular complexity index is 576. The topological polar surface area (TPSA) is 67.1 Å². The van der Waals surface area contributed by atoms with Gasteiger partial charge in [-0.05, 0) is 30.2 Å². The normalized spacial score (nSPS) is 11.6. The molecule has 116 valence electrons. The van der Waals surface area contributed by atoms with Crippen LogP contribution in [0.2, 0.25) is 0 Å². The Hall–Kier alpha value is -1.40. The van der Waals surface area contributed by atoms with E-state index >= 15 is 0 Å². The molecule has 6 heteroatoms. The van der Waals surface area contributed by atoms with Gasteiger partial charge in [0.15, 0.2) is 0 Å².